The average Bonchev–Trinajstić information content (AvgIpc) is 2.79. The highest BCUT2D eigenvalue weighted by molar-refractivity contribution is 5.20. The molecule has 19 heavy (non-hydrogen) atoms. The first kappa shape index (κ1) is 14.4. The molecule has 0 bridgehead atoms. The van der Waals surface area contributed by atoms with Crippen LogP contribution in [0.15, 0.2) is 18.2 Å². The molecule has 2 unspecified atom stereocenters. The molecule has 2 atom stereocenters. The van der Waals surface area contributed by atoms with Gasteiger partial charge in [0, 0.05) is 19.7 Å². The molecule has 0 spiro atoms. The lowest BCUT2D eigenvalue weighted by molar-refractivity contribution is 0.0185. The molecular formula is C14H19F2NO2. The molecule has 1 aromatic carbocycles. The van der Waals surface area contributed by atoms with E-state index < -0.39 is 17.7 Å². The molecule has 5 heteroatoms. The van der Waals surface area contributed by atoms with Gasteiger partial charge in [0.25, 0.3) is 0 Å². The van der Waals surface area contributed by atoms with Crippen molar-refractivity contribution >= 4 is 0 Å². The molecule has 1 saturated heterocycles. The molecule has 0 saturated carbocycles. The maximum absolute atomic E-state index is 13.0. The predicted molar refractivity (Wildman–Crippen MR) is 67.8 cm³/mol. The van der Waals surface area contributed by atoms with Crippen molar-refractivity contribution in [2.75, 3.05) is 19.7 Å². The topological polar surface area (TPSA) is 41.5 Å². The van der Waals surface area contributed by atoms with Crippen molar-refractivity contribution in [3.8, 4) is 0 Å². The summed E-state index contributed by atoms with van der Waals surface area (Å²) in [5.41, 5.74) is 0.178. The van der Waals surface area contributed by atoms with Gasteiger partial charge >= 0.3 is 0 Å². The van der Waals surface area contributed by atoms with Crippen molar-refractivity contribution in [1.29, 1.82) is 0 Å². The minimum Gasteiger partial charge on any atom is -0.387 e. The monoisotopic (exact) mass is 271 g/mol. The van der Waals surface area contributed by atoms with E-state index in [1.165, 1.54) is 6.07 Å². The number of hydrogen-bond acceptors (Lipinski definition) is 3. The van der Waals surface area contributed by atoms with Crippen LogP contribution in [0.2, 0.25) is 0 Å². The van der Waals surface area contributed by atoms with Gasteiger partial charge in [0.2, 0.25) is 0 Å². The Morgan fingerprint density at radius 2 is 2.21 bits per heavy atom. The molecule has 2 rings (SSSR count). The molecule has 1 aromatic rings. The van der Waals surface area contributed by atoms with Gasteiger partial charge in [0.05, 0.1) is 11.7 Å². The second kappa shape index (κ2) is 5.94. The molecule has 1 aliphatic heterocycles. The van der Waals surface area contributed by atoms with E-state index >= 15 is 0 Å². The second-order valence-electron chi connectivity index (χ2n) is 5.22. The third-order valence-corrected chi connectivity index (χ3v) is 3.47. The Bertz CT molecular complexity index is 433. The number of benzene rings is 1. The lowest BCUT2D eigenvalue weighted by atomic mass is 10.0. The van der Waals surface area contributed by atoms with E-state index in [2.05, 4.69) is 5.32 Å². The first-order valence-electron chi connectivity index (χ1n) is 6.48. The van der Waals surface area contributed by atoms with Crippen LogP contribution in [-0.2, 0) is 4.74 Å². The fourth-order valence-corrected chi connectivity index (χ4v) is 2.29. The largest absolute Gasteiger partial charge is 0.387 e. The van der Waals surface area contributed by atoms with Crippen LogP contribution in [0.3, 0.4) is 0 Å². The summed E-state index contributed by atoms with van der Waals surface area (Å²) in [6.45, 7) is 3.71. The zero-order valence-electron chi connectivity index (χ0n) is 11.0. The second-order valence-corrected chi connectivity index (χ2v) is 5.22. The SMILES string of the molecule is CC1(CNCC(O)c2ccc(F)c(F)c2)CCCO1. The minimum absolute atomic E-state index is 0.187. The summed E-state index contributed by atoms with van der Waals surface area (Å²) in [4.78, 5) is 0. The van der Waals surface area contributed by atoms with Crippen LogP contribution in [0.4, 0.5) is 8.78 Å². The van der Waals surface area contributed by atoms with Gasteiger partial charge in [-0.25, -0.2) is 8.78 Å². The average molecular weight is 271 g/mol. The quantitative estimate of drug-likeness (QED) is 0.862. The Morgan fingerprint density at radius 3 is 2.84 bits per heavy atom. The highest BCUT2D eigenvalue weighted by Crippen LogP contribution is 2.24. The first-order chi connectivity index (χ1) is 9.00. The molecular weight excluding hydrogens is 252 g/mol. The Morgan fingerprint density at radius 1 is 1.42 bits per heavy atom. The Balaban J connectivity index is 1.83. The zero-order valence-corrected chi connectivity index (χ0v) is 11.0. The van der Waals surface area contributed by atoms with Crippen LogP contribution in [0.25, 0.3) is 0 Å². The summed E-state index contributed by atoms with van der Waals surface area (Å²) in [6, 6.07) is 3.43. The number of aliphatic hydroxyl groups excluding tert-OH is 1. The Hall–Kier alpha value is -1.04. The van der Waals surface area contributed by atoms with Gasteiger partial charge in [0.15, 0.2) is 11.6 Å². The van der Waals surface area contributed by atoms with Gasteiger partial charge in [-0.3, -0.25) is 0 Å². The van der Waals surface area contributed by atoms with Crippen LogP contribution < -0.4 is 5.32 Å². The van der Waals surface area contributed by atoms with E-state index in [4.69, 9.17) is 4.74 Å². The summed E-state index contributed by atoms with van der Waals surface area (Å²) < 4.78 is 31.4. The summed E-state index contributed by atoms with van der Waals surface area (Å²) in [7, 11) is 0. The molecule has 1 aliphatic rings. The highest BCUT2D eigenvalue weighted by atomic mass is 19.2. The van der Waals surface area contributed by atoms with Crippen molar-refractivity contribution in [2.45, 2.75) is 31.5 Å². The van der Waals surface area contributed by atoms with Gasteiger partial charge in [-0.1, -0.05) is 6.07 Å². The van der Waals surface area contributed by atoms with Crippen molar-refractivity contribution in [1.82, 2.24) is 5.32 Å². The lowest BCUT2D eigenvalue weighted by Crippen LogP contribution is -2.38. The molecule has 1 heterocycles. The summed E-state index contributed by atoms with van der Waals surface area (Å²) >= 11 is 0. The van der Waals surface area contributed by atoms with E-state index in [1.807, 2.05) is 6.92 Å². The van der Waals surface area contributed by atoms with E-state index in [0.29, 0.717) is 12.1 Å². The zero-order chi connectivity index (χ0) is 13.9. The van der Waals surface area contributed by atoms with E-state index in [1.54, 1.807) is 0 Å². The normalized spacial score (nSPS) is 24.6. The summed E-state index contributed by atoms with van der Waals surface area (Å²) in [6.07, 6.45) is 1.17. The molecule has 0 aliphatic carbocycles. The van der Waals surface area contributed by atoms with Gasteiger partial charge in [-0.15, -0.1) is 0 Å². The van der Waals surface area contributed by atoms with Crippen LogP contribution >= 0.6 is 0 Å². The predicted octanol–water partition coefficient (Wildman–Crippen LogP) is 2.16. The number of rotatable bonds is 5. The van der Waals surface area contributed by atoms with E-state index in [0.717, 1.165) is 31.6 Å². The third-order valence-electron chi connectivity index (χ3n) is 3.47. The van der Waals surface area contributed by atoms with Gasteiger partial charge < -0.3 is 15.2 Å². The van der Waals surface area contributed by atoms with E-state index in [-0.39, 0.29) is 12.1 Å². The molecule has 3 nitrogen and oxygen atoms in total. The number of aliphatic hydroxyl groups is 1. The standard InChI is InChI=1S/C14H19F2NO2/c1-14(5-2-6-19-14)9-17-8-13(18)10-3-4-11(15)12(16)7-10/h3-4,7,13,17-18H,2,5-6,8-9H2,1H3. The molecule has 0 radical (unpaired) electrons. The number of hydrogen-bond donors (Lipinski definition) is 2. The third kappa shape index (κ3) is 3.72. The lowest BCUT2D eigenvalue weighted by Gasteiger charge is -2.24. The van der Waals surface area contributed by atoms with Crippen LogP contribution in [0, 0.1) is 11.6 Å². The van der Waals surface area contributed by atoms with Crippen molar-refractivity contribution < 1.29 is 18.6 Å². The first-order valence-corrected chi connectivity index (χ1v) is 6.48. The molecule has 106 valence electrons. The van der Waals surface area contributed by atoms with Crippen LogP contribution in [0.5, 0.6) is 0 Å². The molecule has 1 fully saturated rings. The number of halogens is 2. The number of ether oxygens (including phenoxy) is 1. The van der Waals surface area contributed by atoms with E-state index in [9.17, 15) is 13.9 Å². The maximum Gasteiger partial charge on any atom is 0.159 e. The fourth-order valence-electron chi connectivity index (χ4n) is 2.29. The van der Waals surface area contributed by atoms with Gasteiger partial charge in [-0.2, -0.15) is 0 Å². The number of nitrogens with one attached hydrogen (secondary N) is 1. The summed E-state index contributed by atoms with van der Waals surface area (Å²) in [5, 5.41) is 13.0. The minimum atomic E-state index is -0.942. The van der Waals surface area contributed by atoms with Crippen molar-refractivity contribution in [3.05, 3.63) is 35.4 Å². The Kier molecular flexibility index (Phi) is 4.50. The van der Waals surface area contributed by atoms with Crippen molar-refractivity contribution in [2.24, 2.45) is 0 Å². The van der Waals surface area contributed by atoms with Crippen molar-refractivity contribution in [3.63, 3.8) is 0 Å². The maximum atomic E-state index is 13.0. The molecule has 0 amide bonds. The fraction of sp³-hybridized carbons (Fsp3) is 0.571. The van der Waals surface area contributed by atoms with Gasteiger partial charge in [-0.05, 0) is 37.5 Å². The van der Waals surface area contributed by atoms with Crippen LogP contribution in [-0.4, -0.2) is 30.4 Å². The highest BCUT2D eigenvalue weighted by Gasteiger charge is 2.29. The Labute approximate surface area is 111 Å². The molecule has 2 N–H and O–H groups in total. The van der Waals surface area contributed by atoms with Crippen LogP contribution in [0.1, 0.15) is 31.4 Å². The smallest absolute Gasteiger partial charge is 0.159 e. The molecule has 0 aromatic heterocycles. The summed E-state index contributed by atoms with van der Waals surface area (Å²) in [5.74, 6) is -1.85. The van der Waals surface area contributed by atoms with Gasteiger partial charge in [0.1, 0.15) is 0 Å².